The SMILES string of the molecule is N[C@H]1[C@H]2CN(c3nc(OC[C@@]45CCCN4C[C@H](F)C5)nc4c(F)c(Cl)ncc34)C[C@@H]12. The van der Waals surface area contributed by atoms with Crippen LogP contribution in [-0.2, 0) is 0 Å². The van der Waals surface area contributed by atoms with Crippen molar-refractivity contribution in [3.8, 4) is 6.01 Å². The van der Waals surface area contributed by atoms with Gasteiger partial charge in [-0.2, -0.15) is 9.97 Å². The predicted octanol–water partition coefficient (Wildman–Crippen LogP) is 2.17. The van der Waals surface area contributed by atoms with Gasteiger partial charge < -0.3 is 15.4 Å². The van der Waals surface area contributed by atoms with Crippen LogP contribution in [0.2, 0.25) is 5.15 Å². The molecule has 2 aromatic rings. The van der Waals surface area contributed by atoms with Gasteiger partial charge in [-0.05, 0) is 31.2 Å². The summed E-state index contributed by atoms with van der Waals surface area (Å²) in [7, 11) is 0. The van der Waals surface area contributed by atoms with Crippen molar-refractivity contribution >= 4 is 28.3 Å². The lowest BCUT2D eigenvalue weighted by molar-refractivity contribution is 0.107. The van der Waals surface area contributed by atoms with Crippen LogP contribution in [0.3, 0.4) is 0 Å². The average molecular weight is 437 g/mol. The van der Waals surface area contributed by atoms with Crippen LogP contribution in [0.15, 0.2) is 6.20 Å². The molecule has 5 atom stereocenters. The van der Waals surface area contributed by atoms with Gasteiger partial charge in [0.2, 0.25) is 0 Å². The standard InChI is InChI=1S/C20H23ClF2N6O/c21-17-14(23)16-11(5-25-17)18(28-7-12-13(8-28)15(12)24)27-19(26-16)30-9-20-2-1-3-29(20)6-10(22)4-20/h5,10,12-13,15H,1-4,6-9,24H2/t10-,12-,13+,15-,20+/m1/s1. The fraction of sp³-hybridized carbons (Fsp3) is 0.650. The highest BCUT2D eigenvalue weighted by atomic mass is 35.5. The normalized spacial score (nSPS) is 35.1. The summed E-state index contributed by atoms with van der Waals surface area (Å²) in [6.45, 7) is 3.14. The van der Waals surface area contributed by atoms with E-state index in [1.54, 1.807) is 0 Å². The van der Waals surface area contributed by atoms with Crippen molar-refractivity contribution in [2.75, 3.05) is 37.7 Å². The molecule has 160 valence electrons. The zero-order valence-corrected chi connectivity index (χ0v) is 17.2. The zero-order valence-electron chi connectivity index (χ0n) is 16.4. The maximum absolute atomic E-state index is 14.8. The summed E-state index contributed by atoms with van der Waals surface area (Å²) in [5.74, 6) is 0.785. The molecule has 0 amide bonds. The van der Waals surface area contributed by atoms with Crippen molar-refractivity contribution in [1.82, 2.24) is 19.9 Å². The highest BCUT2D eigenvalue weighted by molar-refractivity contribution is 6.30. The first-order valence-corrected chi connectivity index (χ1v) is 10.9. The van der Waals surface area contributed by atoms with E-state index < -0.39 is 12.0 Å². The van der Waals surface area contributed by atoms with Gasteiger partial charge in [0.25, 0.3) is 0 Å². The molecule has 7 nitrogen and oxygen atoms in total. The van der Waals surface area contributed by atoms with Gasteiger partial charge in [0.15, 0.2) is 11.0 Å². The fourth-order valence-corrected chi connectivity index (χ4v) is 5.84. The highest BCUT2D eigenvalue weighted by Crippen LogP contribution is 2.46. The Balaban J connectivity index is 1.34. The third-order valence-electron chi connectivity index (χ3n) is 7.39. The van der Waals surface area contributed by atoms with Gasteiger partial charge in [-0.25, -0.2) is 13.8 Å². The number of alkyl halides is 1. The molecule has 10 heteroatoms. The number of hydrogen-bond acceptors (Lipinski definition) is 7. The Labute approximate surface area is 177 Å². The number of pyridine rings is 1. The molecule has 0 radical (unpaired) electrons. The molecule has 3 aliphatic heterocycles. The summed E-state index contributed by atoms with van der Waals surface area (Å²) in [6.07, 6.45) is 3.01. The molecule has 2 aromatic heterocycles. The van der Waals surface area contributed by atoms with Crippen LogP contribution in [0.1, 0.15) is 19.3 Å². The molecule has 2 N–H and O–H groups in total. The number of aromatic nitrogens is 3. The van der Waals surface area contributed by atoms with Crippen LogP contribution in [-0.4, -0.2) is 70.4 Å². The number of nitrogens with zero attached hydrogens (tertiary/aromatic N) is 5. The maximum Gasteiger partial charge on any atom is 0.319 e. The summed E-state index contributed by atoms with van der Waals surface area (Å²) < 4.78 is 34.8. The first-order valence-electron chi connectivity index (χ1n) is 10.5. The largest absolute Gasteiger partial charge is 0.461 e. The van der Waals surface area contributed by atoms with Gasteiger partial charge in [0.1, 0.15) is 24.1 Å². The van der Waals surface area contributed by atoms with Crippen LogP contribution >= 0.6 is 11.6 Å². The van der Waals surface area contributed by atoms with Crippen molar-refractivity contribution in [3.63, 3.8) is 0 Å². The second-order valence-corrected chi connectivity index (χ2v) is 9.49. The molecule has 3 saturated heterocycles. The van der Waals surface area contributed by atoms with E-state index in [1.165, 1.54) is 6.20 Å². The molecule has 0 unspecified atom stereocenters. The van der Waals surface area contributed by atoms with Crippen LogP contribution in [0.25, 0.3) is 10.9 Å². The van der Waals surface area contributed by atoms with E-state index in [4.69, 9.17) is 22.1 Å². The molecular formula is C20H23ClF2N6O. The number of hydrogen-bond donors (Lipinski definition) is 1. The number of rotatable bonds is 4. The van der Waals surface area contributed by atoms with Gasteiger partial charge in [0, 0.05) is 38.3 Å². The summed E-state index contributed by atoms with van der Waals surface area (Å²) in [5.41, 5.74) is 5.83. The monoisotopic (exact) mass is 436 g/mol. The fourth-order valence-electron chi connectivity index (χ4n) is 5.70. The summed E-state index contributed by atoms with van der Waals surface area (Å²) >= 11 is 5.90. The Kier molecular flexibility index (Phi) is 4.14. The first-order chi connectivity index (χ1) is 14.4. The second kappa shape index (κ2) is 6.58. The van der Waals surface area contributed by atoms with E-state index in [0.29, 0.717) is 36.0 Å². The summed E-state index contributed by atoms with van der Waals surface area (Å²) in [4.78, 5) is 17.1. The molecule has 1 saturated carbocycles. The minimum atomic E-state index is -0.843. The van der Waals surface area contributed by atoms with Crippen LogP contribution < -0.4 is 15.4 Å². The van der Waals surface area contributed by atoms with Crippen molar-refractivity contribution in [3.05, 3.63) is 17.2 Å². The van der Waals surface area contributed by atoms with Crippen LogP contribution in [0.4, 0.5) is 14.6 Å². The third-order valence-corrected chi connectivity index (χ3v) is 7.66. The smallest absolute Gasteiger partial charge is 0.319 e. The molecule has 30 heavy (non-hydrogen) atoms. The van der Waals surface area contributed by atoms with Gasteiger partial charge in [-0.1, -0.05) is 11.6 Å². The Morgan fingerprint density at radius 3 is 2.87 bits per heavy atom. The number of fused-ring (bicyclic) bond motifs is 3. The number of piperidine rings is 1. The number of nitrogens with two attached hydrogens (primary N) is 1. The van der Waals surface area contributed by atoms with Crippen molar-refractivity contribution in [2.24, 2.45) is 17.6 Å². The van der Waals surface area contributed by atoms with Crippen molar-refractivity contribution < 1.29 is 13.5 Å². The van der Waals surface area contributed by atoms with Gasteiger partial charge in [-0.3, -0.25) is 4.90 Å². The first kappa shape index (κ1) is 18.9. The zero-order chi connectivity index (χ0) is 20.6. The lowest BCUT2D eigenvalue weighted by atomic mass is 9.95. The topological polar surface area (TPSA) is 80.4 Å². The van der Waals surface area contributed by atoms with E-state index in [-0.39, 0.29) is 34.9 Å². The quantitative estimate of drug-likeness (QED) is 0.735. The van der Waals surface area contributed by atoms with Gasteiger partial charge in [0.05, 0.1) is 10.9 Å². The predicted molar refractivity (Wildman–Crippen MR) is 108 cm³/mol. The Hall–Kier alpha value is -1.84. The minimum Gasteiger partial charge on any atom is -0.461 e. The van der Waals surface area contributed by atoms with E-state index in [1.807, 2.05) is 0 Å². The Morgan fingerprint density at radius 1 is 1.27 bits per heavy atom. The summed E-state index contributed by atoms with van der Waals surface area (Å²) in [5, 5.41) is 0.269. The van der Waals surface area contributed by atoms with Gasteiger partial charge >= 0.3 is 6.01 Å². The number of halogens is 3. The molecule has 5 heterocycles. The molecular weight excluding hydrogens is 414 g/mol. The van der Waals surface area contributed by atoms with E-state index in [9.17, 15) is 8.78 Å². The summed E-state index contributed by atoms with van der Waals surface area (Å²) in [6, 6.07) is 0.324. The average Bonchev–Trinajstić information content (AvgIpc) is 3.13. The van der Waals surface area contributed by atoms with Crippen molar-refractivity contribution in [1.29, 1.82) is 0 Å². The molecule has 4 fully saturated rings. The number of anilines is 1. The molecule has 6 rings (SSSR count). The van der Waals surface area contributed by atoms with E-state index in [0.717, 1.165) is 32.5 Å². The Bertz CT molecular complexity index is 1010. The third kappa shape index (κ3) is 2.78. The molecule has 0 aromatic carbocycles. The maximum atomic E-state index is 14.8. The van der Waals surface area contributed by atoms with Gasteiger partial charge in [-0.15, -0.1) is 0 Å². The molecule has 0 bridgehead atoms. The Morgan fingerprint density at radius 2 is 2.07 bits per heavy atom. The van der Waals surface area contributed by atoms with Crippen LogP contribution in [0.5, 0.6) is 6.01 Å². The second-order valence-electron chi connectivity index (χ2n) is 9.13. The van der Waals surface area contributed by atoms with E-state index in [2.05, 4.69) is 24.8 Å². The molecule has 1 aliphatic carbocycles. The lowest BCUT2D eigenvalue weighted by Crippen LogP contribution is -2.43. The highest BCUT2D eigenvalue weighted by Gasteiger charge is 2.54. The van der Waals surface area contributed by atoms with Crippen LogP contribution in [0, 0.1) is 17.7 Å². The van der Waals surface area contributed by atoms with E-state index >= 15 is 0 Å². The number of ether oxygens (including phenoxy) is 1. The lowest BCUT2D eigenvalue weighted by Gasteiger charge is -2.31. The molecule has 0 spiro atoms. The minimum absolute atomic E-state index is 0.0899. The van der Waals surface area contributed by atoms with Crippen molar-refractivity contribution in [2.45, 2.75) is 37.0 Å². The molecule has 4 aliphatic rings.